The van der Waals surface area contributed by atoms with Crippen LogP contribution in [0.3, 0.4) is 0 Å². The van der Waals surface area contributed by atoms with Crippen molar-refractivity contribution in [2.75, 3.05) is 25.0 Å². The zero-order valence-corrected chi connectivity index (χ0v) is 17.6. The van der Waals surface area contributed by atoms with Crippen molar-refractivity contribution in [3.05, 3.63) is 53.9 Å². The van der Waals surface area contributed by atoms with Gasteiger partial charge in [-0.2, -0.15) is 5.10 Å². The Kier molecular flexibility index (Phi) is 6.82. The van der Waals surface area contributed by atoms with Crippen LogP contribution in [0.2, 0.25) is 0 Å². The molecule has 2 N–H and O–H groups in total. The smallest absolute Gasteiger partial charge is 0.319 e. The SMILES string of the molecule is CCN(CC)C(CNC(=O)Nc1cnc2c(c1)c(C)nn2C)Cc1ccccc1. The van der Waals surface area contributed by atoms with Gasteiger partial charge in [0.2, 0.25) is 0 Å². The molecule has 7 nitrogen and oxygen atoms in total. The molecule has 0 spiro atoms. The zero-order valence-electron chi connectivity index (χ0n) is 17.6. The van der Waals surface area contributed by atoms with Gasteiger partial charge < -0.3 is 10.6 Å². The molecule has 29 heavy (non-hydrogen) atoms. The maximum Gasteiger partial charge on any atom is 0.319 e. The van der Waals surface area contributed by atoms with E-state index in [-0.39, 0.29) is 12.1 Å². The summed E-state index contributed by atoms with van der Waals surface area (Å²) in [7, 11) is 1.86. The van der Waals surface area contributed by atoms with Crippen LogP contribution in [-0.4, -0.2) is 51.4 Å². The minimum atomic E-state index is -0.224. The van der Waals surface area contributed by atoms with Crippen LogP contribution in [0, 0.1) is 6.92 Å². The van der Waals surface area contributed by atoms with E-state index in [1.807, 2.05) is 26.1 Å². The fourth-order valence-corrected chi connectivity index (χ4v) is 3.72. The number of likely N-dealkylation sites (N-methyl/N-ethyl adjacent to an activating group) is 1. The highest BCUT2D eigenvalue weighted by atomic mass is 16.2. The fourth-order valence-electron chi connectivity index (χ4n) is 3.72. The van der Waals surface area contributed by atoms with Crippen molar-refractivity contribution in [2.45, 2.75) is 33.2 Å². The van der Waals surface area contributed by atoms with Gasteiger partial charge in [-0.1, -0.05) is 44.2 Å². The lowest BCUT2D eigenvalue weighted by molar-refractivity contribution is 0.207. The molecule has 2 amide bonds. The van der Waals surface area contributed by atoms with Gasteiger partial charge in [0.15, 0.2) is 5.65 Å². The van der Waals surface area contributed by atoms with Crippen molar-refractivity contribution in [3.63, 3.8) is 0 Å². The highest BCUT2D eigenvalue weighted by Gasteiger charge is 2.17. The highest BCUT2D eigenvalue weighted by molar-refractivity contribution is 5.92. The van der Waals surface area contributed by atoms with Gasteiger partial charge in [0.25, 0.3) is 0 Å². The minimum absolute atomic E-state index is 0.224. The number of hydrogen-bond donors (Lipinski definition) is 2. The Labute approximate surface area is 172 Å². The summed E-state index contributed by atoms with van der Waals surface area (Å²) < 4.78 is 1.74. The molecule has 0 radical (unpaired) electrons. The molecule has 1 aromatic carbocycles. The summed E-state index contributed by atoms with van der Waals surface area (Å²) in [6, 6.07) is 12.3. The van der Waals surface area contributed by atoms with Gasteiger partial charge in [0.05, 0.1) is 17.6 Å². The molecule has 1 atom stereocenters. The van der Waals surface area contributed by atoms with Crippen molar-refractivity contribution >= 4 is 22.8 Å². The molecule has 0 aliphatic rings. The third-order valence-electron chi connectivity index (χ3n) is 5.26. The molecule has 0 fully saturated rings. The third kappa shape index (κ3) is 5.12. The first-order valence-corrected chi connectivity index (χ1v) is 10.1. The topological polar surface area (TPSA) is 75.1 Å². The Bertz CT molecular complexity index is 949. The Morgan fingerprint density at radius 2 is 1.93 bits per heavy atom. The third-order valence-corrected chi connectivity index (χ3v) is 5.26. The molecule has 0 saturated carbocycles. The maximum atomic E-state index is 12.5. The van der Waals surface area contributed by atoms with Gasteiger partial charge in [-0.05, 0) is 38.1 Å². The molecule has 3 aromatic rings. The van der Waals surface area contributed by atoms with Gasteiger partial charge in [-0.15, -0.1) is 0 Å². The molecule has 2 heterocycles. The Morgan fingerprint density at radius 3 is 2.62 bits per heavy atom. The molecule has 3 rings (SSSR count). The normalized spacial score (nSPS) is 12.3. The van der Waals surface area contributed by atoms with E-state index in [1.165, 1.54) is 5.56 Å². The van der Waals surface area contributed by atoms with Crippen molar-refractivity contribution in [3.8, 4) is 0 Å². The van der Waals surface area contributed by atoms with E-state index < -0.39 is 0 Å². The lowest BCUT2D eigenvalue weighted by atomic mass is 10.0. The average molecular weight is 395 g/mol. The second-order valence-electron chi connectivity index (χ2n) is 7.20. The largest absolute Gasteiger partial charge is 0.336 e. The average Bonchev–Trinajstić information content (AvgIpc) is 3.01. The molecule has 7 heteroatoms. The van der Waals surface area contributed by atoms with Crippen molar-refractivity contribution in [2.24, 2.45) is 7.05 Å². The Hall–Kier alpha value is -2.93. The molecule has 154 valence electrons. The molecule has 0 bridgehead atoms. The summed E-state index contributed by atoms with van der Waals surface area (Å²) in [6.07, 6.45) is 2.56. The first-order valence-electron chi connectivity index (χ1n) is 10.1. The van der Waals surface area contributed by atoms with E-state index in [9.17, 15) is 4.79 Å². The summed E-state index contributed by atoms with van der Waals surface area (Å²) >= 11 is 0. The fraction of sp³-hybridized carbons (Fsp3) is 0.409. The number of aryl methyl sites for hydroxylation is 2. The summed E-state index contributed by atoms with van der Waals surface area (Å²) in [6.45, 7) is 8.70. The zero-order chi connectivity index (χ0) is 20.8. The van der Waals surface area contributed by atoms with Crippen LogP contribution in [0.15, 0.2) is 42.6 Å². The minimum Gasteiger partial charge on any atom is -0.336 e. The molecule has 2 aromatic heterocycles. The molecule has 0 saturated heterocycles. The number of nitrogens with one attached hydrogen (secondary N) is 2. The monoisotopic (exact) mass is 394 g/mol. The lowest BCUT2D eigenvalue weighted by Gasteiger charge is -2.30. The summed E-state index contributed by atoms with van der Waals surface area (Å²) in [5.41, 5.74) is 3.63. The summed E-state index contributed by atoms with van der Waals surface area (Å²) in [4.78, 5) is 19.3. The molecular weight excluding hydrogens is 364 g/mol. The van der Waals surface area contributed by atoms with Crippen LogP contribution < -0.4 is 10.6 Å². The number of carbonyl (C=O) groups excluding carboxylic acids is 1. The standard InChI is InChI=1S/C22H30N6O/c1-5-28(6-2)19(12-17-10-8-7-9-11-17)15-24-22(29)25-18-13-20-16(3)26-27(4)21(20)23-14-18/h7-11,13-14,19H,5-6,12,15H2,1-4H3,(H2,24,25,29). The molecule has 0 aliphatic carbocycles. The predicted octanol–water partition coefficient (Wildman–Crippen LogP) is 3.35. The van der Waals surface area contributed by atoms with Crippen molar-refractivity contribution in [1.29, 1.82) is 0 Å². The van der Waals surface area contributed by atoms with Gasteiger partial charge in [0.1, 0.15) is 0 Å². The van der Waals surface area contributed by atoms with Crippen LogP contribution in [-0.2, 0) is 13.5 Å². The maximum absolute atomic E-state index is 12.5. The second-order valence-corrected chi connectivity index (χ2v) is 7.20. The number of pyridine rings is 1. The number of fused-ring (bicyclic) bond motifs is 1. The van der Waals surface area contributed by atoms with E-state index in [4.69, 9.17) is 0 Å². The van der Waals surface area contributed by atoms with Crippen LogP contribution in [0.25, 0.3) is 11.0 Å². The molecule has 0 aliphatic heterocycles. The number of aromatic nitrogens is 3. The van der Waals surface area contributed by atoms with Gasteiger partial charge in [-0.25, -0.2) is 9.78 Å². The Balaban J connectivity index is 1.64. The van der Waals surface area contributed by atoms with Crippen LogP contribution in [0.1, 0.15) is 25.1 Å². The van der Waals surface area contributed by atoms with Crippen LogP contribution >= 0.6 is 0 Å². The number of rotatable bonds is 8. The summed E-state index contributed by atoms with van der Waals surface area (Å²) in [5, 5.41) is 11.2. The van der Waals surface area contributed by atoms with E-state index in [2.05, 4.69) is 63.7 Å². The number of carbonyl (C=O) groups is 1. The predicted molar refractivity (Wildman–Crippen MR) is 117 cm³/mol. The van der Waals surface area contributed by atoms with E-state index in [1.54, 1.807) is 10.9 Å². The van der Waals surface area contributed by atoms with Crippen molar-refractivity contribution < 1.29 is 4.79 Å². The molecular formula is C22H30N6O. The number of nitrogens with zero attached hydrogens (tertiary/aromatic N) is 4. The number of hydrogen-bond acceptors (Lipinski definition) is 4. The van der Waals surface area contributed by atoms with Gasteiger partial charge >= 0.3 is 6.03 Å². The van der Waals surface area contributed by atoms with Crippen molar-refractivity contribution in [1.82, 2.24) is 25.0 Å². The van der Waals surface area contributed by atoms with Gasteiger partial charge in [0, 0.05) is 25.0 Å². The van der Waals surface area contributed by atoms with E-state index in [0.29, 0.717) is 12.2 Å². The van der Waals surface area contributed by atoms with Crippen LogP contribution in [0.5, 0.6) is 0 Å². The highest BCUT2D eigenvalue weighted by Crippen LogP contribution is 2.19. The number of urea groups is 1. The number of benzene rings is 1. The van der Waals surface area contributed by atoms with Gasteiger partial charge in [-0.3, -0.25) is 9.58 Å². The lowest BCUT2D eigenvalue weighted by Crippen LogP contribution is -2.46. The first-order chi connectivity index (χ1) is 14.0. The summed E-state index contributed by atoms with van der Waals surface area (Å²) in [5.74, 6) is 0. The number of amides is 2. The second kappa shape index (κ2) is 9.52. The first kappa shape index (κ1) is 20.8. The quantitative estimate of drug-likeness (QED) is 0.614. The Morgan fingerprint density at radius 1 is 1.21 bits per heavy atom. The van der Waals surface area contributed by atoms with E-state index in [0.717, 1.165) is 36.2 Å². The van der Waals surface area contributed by atoms with Crippen LogP contribution in [0.4, 0.5) is 10.5 Å². The molecule has 1 unspecified atom stereocenters. The number of anilines is 1. The van der Waals surface area contributed by atoms with E-state index >= 15 is 0 Å².